The van der Waals surface area contributed by atoms with Gasteiger partial charge in [0.05, 0.1) is 23.4 Å². The van der Waals surface area contributed by atoms with Crippen LogP contribution in [0.3, 0.4) is 0 Å². The Hall–Kier alpha value is -2.96. The first kappa shape index (κ1) is 20.9. The van der Waals surface area contributed by atoms with Crippen LogP contribution in [-0.4, -0.2) is 54.2 Å². The fourth-order valence-corrected chi connectivity index (χ4v) is 5.16. The van der Waals surface area contributed by atoms with Crippen molar-refractivity contribution in [2.24, 2.45) is 0 Å². The zero-order valence-electron chi connectivity index (χ0n) is 19.4. The van der Waals surface area contributed by atoms with E-state index in [-0.39, 0.29) is 5.56 Å². The first-order chi connectivity index (χ1) is 15.4. The summed E-state index contributed by atoms with van der Waals surface area (Å²) in [5.41, 5.74) is 8.16. The van der Waals surface area contributed by atoms with Gasteiger partial charge in [-0.05, 0) is 63.3 Å². The van der Waals surface area contributed by atoms with Crippen LogP contribution >= 0.6 is 0 Å². The minimum Gasteiger partial charge on any atom is -0.368 e. The number of piperazine rings is 1. The van der Waals surface area contributed by atoms with Crippen LogP contribution in [0.25, 0.3) is 28.4 Å². The average molecular weight is 430 g/mol. The van der Waals surface area contributed by atoms with Gasteiger partial charge in [0.25, 0.3) is 5.56 Å². The lowest BCUT2D eigenvalue weighted by Gasteiger charge is -2.35. The Morgan fingerprint density at radius 2 is 2.12 bits per heavy atom. The maximum atomic E-state index is 13.0. The van der Waals surface area contributed by atoms with Gasteiger partial charge in [0.15, 0.2) is 0 Å². The van der Waals surface area contributed by atoms with Crippen LogP contribution in [0.15, 0.2) is 35.6 Å². The molecule has 2 aliphatic rings. The molecule has 0 radical (unpaired) electrons. The summed E-state index contributed by atoms with van der Waals surface area (Å²) in [5, 5.41) is 4.72. The molecule has 0 saturated carbocycles. The van der Waals surface area contributed by atoms with Gasteiger partial charge in [-0.25, -0.2) is 4.98 Å². The van der Waals surface area contributed by atoms with Gasteiger partial charge in [0.2, 0.25) is 0 Å². The standard InChI is InChI=1S/C26H31N5O/c1-6-19-16(2)11-24-25-18(14-31(24)26(19)32)12-20-21(15-29(4)5)23(8-7-22(20)28-25)30-10-9-27-17(3)13-30/h6-8,11-12,17,27H,1,9-10,13-15H2,2-5H3. The fourth-order valence-electron chi connectivity index (χ4n) is 5.16. The van der Waals surface area contributed by atoms with E-state index in [1.807, 2.05) is 11.5 Å². The molecule has 0 aliphatic carbocycles. The van der Waals surface area contributed by atoms with E-state index in [0.717, 1.165) is 54.2 Å². The summed E-state index contributed by atoms with van der Waals surface area (Å²) in [4.78, 5) is 22.8. The maximum absolute atomic E-state index is 13.0. The number of rotatable bonds is 4. The highest BCUT2D eigenvalue weighted by atomic mass is 16.1. The average Bonchev–Trinajstić information content (AvgIpc) is 3.10. The lowest BCUT2D eigenvalue weighted by atomic mass is 10.0. The summed E-state index contributed by atoms with van der Waals surface area (Å²) in [6.45, 7) is 12.4. The van der Waals surface area contributed by atoms with Crippen molar-refractivity contribution in [2.75, 3.05) is 38.6 Å². The third kappa shape index (κ3) is 3.34. The first-order valence-electron chi connectivity index (χ1n) is 11.3. The second kappa shape index (κ2) is 7.87. The van der Waals surface area contributed by atoms with Crippen LogP contribution in [-0.2, 0) is 13.1 Å². The zero-order chi connectivity index (χ0) is 22.6. The quantitative estimate of drug-likeness (QED) is 0.540. The Morgan fingerprint density at radius 3 is 2.84 bits per heavy atom. The molecule has 5 rings (SSSR count). The molecule has 6 heteroatoms. The minimum atomic E-state index is 0.0149. The van der Waals surface area contributed by atoms with Crippen LogP contribution in [0.1, 0.15) is 29.2 Å². The topological polar surface area (TPSA) is 53.4 Å². The molecule has 1 saturated heterocycles. The summed E-state index contributed by atoms with van der Waals surface area (Å²) >= 11 is 0. The van der Waals surface area contributed by atoms with E-state index in [0.29, 0.717) is 18.2 Å². The molecule has 0 bridgehead atoms. The number of nitrogens with one attached hydrogen (secondary N) is 1. The molecule has 3 aromatic rings. The third-order valence-electron chi connectivity index (χ3n) is 6.67. The Morgan fingerprint density at radius 1 is 1.31 bits per heavy atom. The number of hydrogen-bond acceptors (Lipinski definition) is 5. The van der Waals surface area contributed by atoms with Crippen LogP contribution in [0.4, 0.5) is 5.69 Å². The predicted octanol–water partition coefficient (Wildman–Crippen LogP) is 3.24. The highest BCUT2D eigenvalue weighted by Crippen LogP contribution is 2.36. The lowest BCUT2D eigenvalue weighted by molar-refractivity contribution is 0.403. The highest BCUT2D eigenvalue weighted by Gasteiger charge is 2.26. The second-order valence-corrected chi connectivity index (χ2v) is 9.39. The van der Waals surface area contributed by atoms with Crippen molar-refractivity contribution in [3.05, 3.63) is 63.5 Å². The molecule has 0 amide bonds. The van der Waals surface area contributed by atoms with E-state index in [9.17, 15) is 4.79 Å². The number of aryl methyl sites for hydroxylation is 1. The fraction of sp³-hybridized carbons (Fsp3) is 0.385. The molecule has 4 heterocycles. The third-order valence-corrected chi connectivity index (χ3v) is 6.67. The summed E-state index contributed by atoms with van der Waals surface area (Å²) in [6.07, 6.45) is 1.66. The molecule has 2 aliphatic heterocycles. The summed E-state index contributed by atoms with van der Waals surface area (Å²) in [7, 11) is 4.22. The maximum Gasteiger partial charge on any atom is 0.258 e. The number of hydrogen-bond donors (Lipinski definition) is 1. The van der Waals surface area contributed by atoms with Crippen LogP contribution in [0.5, 0.6) is 0 Å². The van der Waals surface area contributed by atoms with Crippen molar-refractivity contribution in [1.82, 2.24) is 19.8 Å². The Labute approximate surface area is 189 Å². The molecule has 6 nitrogen and oxygen atoms in total. The van der Waals surface area contributed by atoms with E-state index >= 15 is 0 Å². The van der Waals surface area contributed by atoms with Crippen LogP contribution in [0.2, 0.25) is 0 Å². The van der Waals surface area contributed by atoms with Gasteiger partial charge >= 0.3 is 0 Å². The minimum absolute atomic E-state index is 0.0149. The van der Waals surface area contributed by atoms with Crippen molar-refractivity contribution >= 4 is 22.7 Å². The number of anilines is 1. The summed E-state index contributed by atoms with van der Waals surface area (Å²) in [6, 6.07) is 9.17. The Kier molecular flexibility index (Phi) is 5.14. The molecule has 1 unspecified atom stereocenters. The van der Waals surface area contributed by atoms with Gasteiger partial charge in [-0.3, -0.25) is 4.79 Å². The van der Waals surface area contributed by atoms with E-state index in [1.54, 1.807) is 6.08 Å². The van der Waals surface area contributed by atoms with Crippen LogP contribution in [0, 0.1) is 6.92 Å². The van der Waals surface area contributed by atoms with E-state index in [2.05, 4.69) is 67.0 Å². The molecule has 32 heavy (non-hydrogen) atoms. The second-order valence-electron chi connectivity index (χ2n) is 9.39. The Balaban J connectivity index is 1.69. The van der Waals surface area contributed by atoms with Gasteiger partial charge < -0.3 is 19.7 Å². The number of fused-ring (bicyclic) bond motifs is 4. The normalized spacial score (nSPS) is 17.7. The van der Waals surface area contributed by atoms with Crippen molar-refractivity contribution in [2.45, 2.75) is 33.0 Å². The van der Waals surface area contributed by atoms with Crippen LogP contribution < -0.4 is 15.8 Å². The number of benzene rings is 1. The molecule has 166 valence electrons. The lowest BCUT2D eigenvalue weighted by Crippen LogP contribution is -2.49. The molecule has 1 atom stereocenters. The van der Waals surface area contributed by atoms with Crippen molar-refractivity contribution in [1.29, 1.82) is 0 Å². The molecular weight excluding hydrogens is 398 g/mol. The first-order valence-corrected chi connectivity index (χ1v) is 11.3. The smallest absolute Gasteiger partial charge is 0.258 e. The van der Waals surface area contributed by atoms with Crippen molar-refractivity contribution in [3.63, 3.8) is 0 Å². The number of pyridine rings is 2. The zero-order valence-corrected chi connectivity index (χ0v) is 19.4. The SMILES string of the molecule is C=Cc1c(C)cc2n(c1=O)Cc1cc3c(CN(C)C)c(N4CCNC(C)C4)ccc3nc1-2. The molecule has 1 N–H and O–H groups in total. The Bertz CT molecular complexity index is 1290. The molecule has 1 aromatic carbocycles. The van der Waals surface area contributed by atoms with Gasteiger partial charge in [0, 0.05) is 54.4 Å². The van der Waals surface area contributed by atoms with Crippen molar-refractivity contribution < 1.29 is 0 Å². The monoisotopic (exact) mass is 429 g/mol. The van der Waals surface area contributed by atoms with Crippen molar-refractivity contribution in [3.8, 4) is 11.4 Å². The highest BCUT2D eigenvalue weighted by molar-refractivity contribution is 5.91. The molecule has 1 fully saturated rings. The van der Waals surface area contributed by atoms with Gasteiger partial charge in [0.1, 0.15) is 0 Å². The summed E-state index contributed by atoms with van der Waals surface area (Å²) < 4.78 is 1.84. The van der Waals surface area contributed by atoms with E-state index < -0.39 is 0 Å². The largest absolute Gasteiger partial charge is 0.368 e. The van der Waals surface area contributed by atoms with E-state index in [1.165, 1.54) is 16.6 Å². The number of aromatic nitrogens is 2. The van der Waals surface area contributed by atoms with Gasteiger partial charge in [-0.1, -0.05) is 12.7 Å². The van der Waals surface area contributed by atoms with E-state index in [4.69, 9.17) is 4.98 Å². The molecule has 0 spiro atoms. The molecule has 2 aromatic heterocycles. The predicted molar refractivity (Wildman–Crippen MR) is 132 cm³/mol. The van der Waals surface area contributed by atoms with Gasteiger partial charge in [-0.15, -0.1) is 0 Å². The summed E-state index contributed by atoms with van der Waals surface area (Å²) in [5.74, 6) is 0. The van der Waals surface area contributed by atoms with Gasteiger partial charge in [-0.2, -0.15) is 0 Å². The number of nitrogens with zero attached hydrogens (tertiary/aromatic N) is 4. The molecular formula is C26H31N5O.